The summed E-state index contributed by atoms with van der Waals surface area (Å²) in [5.74, 6) is -0.757. The number of hydrogen-bond donors (Lipinski definition) is 0. The molecule has 0 heterocycles. The SMILES string of the molecule is CCOC(=O)CCC=C(C=O)CC(=O)OCC. The van der Waals surface area contributed by atoms with E-state index in [9.17, 15) is 14.4 Å². The molecule has 0 aromatic heterocycles. The van der Waals surface area contributed by atoms with Gasteiger partial charge >= 0.3 is 11.9 Å². The normalized spacial score (nSPS) is 10.8. The highest BCUT2D eigenvalue weighted by Gasteiger charge is 2.06. The summed E-state index contributed by atoms with van der Waals surface area (Å²) in [6.07, 6.45) is 2.68. The Balaban J connectivity index is 4.04. The number of aldehydes is 1. The van der Waals surface area contributed by atoms with Crippen LogP contribution in [0.3, 0.4) is 0 Å². The highest BCUT2D eigenvalue weighted by atomic mass is 16.5. The molecule has 0 rings (SSSR count). The number of carbonyl (C=O) groups is 3. The van der Waals surface area contributed by atoms with Crippen LogP contribution in [0.2, 0.25) is 0 Å². The first kappa shape index (κ1) is 15.3. The number of rotatable bonds is 8. The van der Waals surface area contributed by atoms with Crippen LogP contribution in [0.4, 0.5) is 0 Å². The summed E-state index contributed by atoms with van der Waals surface area (Å²) in [7, 11) is 0. The van der Waals surface area contributed by atoms with Gasteiger partial charge in [-0.15, -0.1) is 0 Å². The average molecular weight is 242 g/mol. The summed E-state index contributed by atoms with van der Waals surface area (Å²) in [5.41, 5.74) is 0.327. The van der Waals surface area contributed by atoms with Crippen molar-refractivity contribution in [3.8, 4) is 0 Å². The van der Waals surface area contributed by atoms with Crippen molar-refractivity contribution >= 4 is 18.2 Å². The first-order chi connectivity index (χ1) is 8.13. The fraction of sp³-hybridized carbons (Fsp3) is 0.583. The van der Waals surface area contributed by atoms with Gasteiger partial charge in [0, 0.05) is 6.42 Å². The van der Waals surface area contributed by atoms with E-state index in [2.05, 4.69) is 0 Å². The summed E-state index contributed by atoms with van der Waals surface area (Å²) >= 11 is 0. The van der Waals surface area contributed by atoms with Gasteiger partial charge in [0.05, 0.1) is 19.6 Å². The van der Waals surface area contributed by atoms with E-state index < -0.39 is 5.97 Å². The molecule has 5 nitrogen and oxygen atoms in total. The second-order valence-electron chi connectivity index (χ2n) is 3.22. The Bertz CT molecular complexity index is 293. The van der Waals surface area contributed by atoms with Gasteiger partial charge in [0.25, 0.3) is 0 Å². The summed E-state index contributed by atoms with van der Waals surface area (Å²) in [4.78, 5) is 32.8. The Hall–Kier alpha value is -1.65. The number of hydrogen-bond acceptors (Lipinski definition) is 5. The van der Waals surface area contributed by atoms with Crippen LogP contribution >= 0.6 is 0 Å². The average Bonchev–Trinajstić information content (AvgIpc) is 2.28. The molecule has 0 aliphatic heterocycles. The topological polar surface area (TPSA) is 69.7 Å². The van der Waals surface area contributed by atoms with E-state index in [-0.39, 0.29) is 25.4 Å². The van der Waals surface area contributed by atoms with Gasteiger partial charge in [-0.25, -0.2) is 0 Å². The Morgan fingerprint density at radius 1 is 1.06 bits per heavy atom. The van der Waals surface area contributed by atoms with Crippen LogP contribution in [0, 0.1) is 0 Å². The molecule has 0 radical (unpaired) electrons. The van der Waals surface area contributed by atoms with Crippen LogP contribution in [0.15, 0.2) is 11.6 Å². The predicted octanol–water partition coefficient (Wildman–Crippen LogP) is 1.41. The van der Waals surface area contributed by atoms with Gasteiger partial charge in [-0.3, -0.25) is 14.4 Å². The first-order valence-corrected chi connectivity index (χ1v) is 5.59. The van der Waals surface area contributed by atoms with Crippen LogP contribution < -0.4 is 0 Å². The maximum absolute atomic E-state index is 11.1. The predicted molar refractivity (Wildman–Crippen MR) is 61.3 cm³/mol. The molecule has 0 unspecified atom stereocenters. The van der Waals surface area contributed by atoms with Crippen LogP contribution in [0.1, 0.15) is 33.1 Å². The van der Waals surface area contributed by atoms with Gasteiger partial charge < -0.3 is 9.47 Å². The van der Waals surface area contributed by atoms with Crippen molar-refractivity contribution in [2.45, 2.75) is 33.1 Å². The van der Waals surface area contributed by atoms with Crippen molar-refractivity contribution in [2.75, 3.05) is 13.2 Å². The van der Waals surface area contributed by atoms with Crippen molar-refractivity contribution in [1.29, 1.82) is 0 Å². The minimum Gasteiger partial charge on any atom is -0.466 e. The molecule has 0 atom stereocenters. The third-order valence-electron chi connectivity index (χ3n) is 1.87. The fourth-order valence-electron chi connectivity index (χ4n) is 1.15. The van der Waals surface area contributed by atoms with E-state index in [0.717, 1.165) is 0 Å². The lowest BCUT2D eigenvalue weighted by Gasteiger charge is -2.01. The Morgan fingerprint density at radius 3 is 2.18 bits per heavy atom. The molecule has 0 amide bonds. The smallest absolute Gasteiger partial charge is 0.310 e. The summed E-state index contributed by atoms with van der Waals surface area (Å²) in [6, 6.07) is 0. The van der Waals surface area contributed by atoms with Gasteiger partial charge in [0.15, 0.2) is 0 Å². The first-order valence-electron chi connectivity index (χ1n) is 5.59. The number of esters is 2. The molecule has 5 heteroatoms. The Morgan fingerprint density at radius 2 is 1.65 bits per heavy atom. The zero-order valence-corrected chi connectivity index (χ0v) is 10.2. The summed E-state index contributed by atoms with van der Waals surface area (Å²) in [5, 5.41) is 0. The second kappa shape index (κ2) is 9.57. The van der Waals surface area contributed by atoms with Gasteiger partial charge in [0.2, 0.25) is 0 Å². The fourth-order valence-corrected chi connectivity index (χ4v) is 1.15. The molecule has 0 aromatic rings. The lowest BCUT2D eigenvalue weighted by Crippen LogP contribution is -2.06. The standard InChI is InChI=1S/C12H18O5/c1-3-16-11(14)7-5-6-10(9-13)8-12(15)17-4-2/h6,9H,3-5,7-8H2,1-2H3. The number of ether oxygens (including phenoxy) is 2. The molecular weight excluding hydrogens is 224 g/mol. The Labute approximate surface area is 101 Å². The number of carbonyl (C=O) groups excluding carboxylic acids is 3. The van der Waals surface area contributed by atoms with E-state index in [1.807, 2.05) is 0 Å². The molecule has 0 N–H and O–H groups in total. The van der Waals surface area contributed by atoms with E-state index in [1.165, 1.54) is 0 Å². The molecular formula is C12H18O5. The highest BCUT2D eigenvalue weighted by molar-refractivity contribution is 5.84. The van der Waals surface area contributed by atoms with Crippen molar-refractivity contribution in [1.82, 2.24) is 0 Å². The van der Waals surface area contributed by atoms with Crippen molar-refractivity contribution in [3.63, 3.8) is 0 Å². The summed E-state index contributed by atoms with van der Waals surface area (Å²) in [6.45, 7) is 4.05. The molecule has 0 fully saturated rings. The van der Waals surface area contributed by atoms with Crippen LogP contribution in [-0.2, 0) is 23.9 Å². The molecule has 0 saturated heterocycles. The van der Waals surface area contributed by atoms with E-state index in [0.29, 0.717) is 24.9 Å². The van der Waals surface area contributed by atoms with Gasteiger partial charge in [-0.2, -0.15) is 0 Å². The van der Waals surface area contributed by atoms with Crippen molar-refractivity contribution in [2.24, 2.45) is 0 Å². The quantitative estimate of drug-likeness (QED) is 0.365. The van der Waals surface area contributed by atoms with E-state index in [1.54, 1.807) is 19.9 Å². The third kappa shape index (κ3) is 8.19. The lowest BCUT2D eigenvalue weighted by atomic mass is 10.1. The van der Waals surface area contributed by atoms with E-state index in [4.69, 9.17) is 9.47 Å². The van der Waals surface area contributed by atoms with Crippen LogP contribution in [-0.4, -0.2) is 31.4 Å². The molecule has 17 heavy (non-hydrogen) atoms. The highest BCUT2D eigenvalue weighted by Crippen LogP contribution is 2.04. The molecule has 0 bridgehead atoms. The van der Waals surface area contributed by atoms with Crippen LogP contribution in [0.25, 0.3) is 0 Å². The zero-order valence-electron chi connectivity index (χ0n) is 10.2. The maximum atomic E-state index is 11.1. The minimum atomic E-state index is -0.443. The molecule has 0 spiro atoms. The molecule has 0 aliphatic rings. The minimum absolute atomic E-state index is 0.0554. The van der Waals surface area contributed by atoms with Crippen LogP contribution in [0.5, 0.6) is 0 Å². The van der Waals surface area contributed by atoms with Crippen molar-refractivity contribution in [3.05, 3.63) is 11.6 Å². The monoisotopic (exact) mass is 242 g/mol. The number of allylic oxidation sites excluding steroid dienone is 1. The maximum Gasteiger partial charge on any atom is 0.310 e. The van der Waals surface area contributed by atoms with Gasteiger partial charge in [0.1, 0.15) is 6.29 Å². The second-order valence-corrected chi connectivity index (χ2v) is 3.22. The summed E-state index contributed by atoms with van der Waals surface area (Å²) < 4.78 is 9.44. The van der Waals surface area contributed by atoms with E-state index >= 15 is 0 Å². The lowest BCUT2D eigenvalue weighted by molar-refractivity contribution is -0.143. The zero-order chi connectivity index (χ0) is 13.1. The molecule has 0 saturated carbocycles. The Kier molecular flexibility index (Phi) is 8.64. The molecule has 0 aliphatic carbocycles. The van der Waals surface area contributed by atoms with Gasteiger partial charge in [-0.1, -0.05) is 6.08 Å². The van der Waals surface area contributed by atoms with Crippen molar-refractivity contribution < 1.29 is 23.9 Å². The van der Waals surface area contributed by atoms with Gasteiger partial charge in [-0.05, 0) is 25.8 Å². The molecule has 0 aromatic carbocycles. The molecule has 96 valence electrons. The third-order valence-corrected chi connectivity index (χ3v) is 1.87. The largest absolute Gasteiger partial charge is 0.466 e.